The van der Waals surface area contributed by atoms with Crippen LogP contribution in [0.4, 0.5) is 0 Å². The predicted octanol–water partition coefficient (Wildman–Crippen LogP) is 0.514. The van der Waals surface area contributed by atoms with Crippen LogP contribution in [0.1, 0.15) is 23.5 Å². The van der Waals surface area contributed by atoms with E-state index < -0.39 is 0 Å². The third kappa shape index (κ3) is 3.00. The van der Waals surface area contributed by atoms with Gasteiger partial charge in [-0.25, -0.2) is 4.98 Å². The minimum absolute atomic E-state index is 0.130. The van der Waals surface area contributed by atoms with Crippen LogP contribution in [0.5, 0.6) is 0 Å². The van der Waals surface area contributed by atoms with E-state index in [-0.39, 0.29) is 5.56 Å². The Morgan fingerprint density at radius 1 is 1.30 bits per heavy atom. The molecule has 0 unspecified atom stereocenters. The molecule has 1 aliphatic heterocycles. The molecule has 1 amide bonds. The number of amides is 1. The van der Waals surface area contributed by atoms with Crippen LogP contribution in [0.3, 0.4) is 0 Å². The van der Waals surface area contributed by atoms with Crippen molar-refractivity contribution in [2.24, 2.45) is 5.92 Å². The van der Waals surface area contributed by atoms with Crippen LogP contribution in [0, 0.1) is 12.8 Å². The van der Waals surface area contributed by atoms with Gasteiger partial charge in [-0.1, -0.05) is 11.3 Å². The van der Waals surface area contributed by atoms with E-state index in [0.29, 0.717) is 23.3 Å². The molecule has 1 saturated heterocycles. The van der Waals surface area contributed by atoms with Crippen molar-refractivity contribution in [2.45, 2.75) is 26.3 Å². The summed E-state index contributed by atoms with van der Waals surface area (Å²) in [5.41, 5.74) is 0.590. The summed E-state index contributed by atoms with van der Waals surface area (Å²) >= 11 is 1.46. The molecular formula is C15H19N5O2S. The summed E-state index contributed by atoms with van der Waals surface area (Å²) in [7, 11) is 0. The van der Waals surface area contributed by atoms with Gasteiger partial charge in [0.05, 0.1) is 6.54 Å². The van der Waals surface area contributed by atoms with Gasteiger partial charge in [-0.05, 0) is 19.8 Å². The fourth-order valence-electron chi connectivity index (χ4n) is 2.93. The topological polar surface area (TPSA) is 70.8 Å². The van der Waals surface area contributed by atoms with Crippen LogP contribution >= 0.6 is 11.3 Å². The molecule has 0 radical (unpaired) electrons. The highest BCUT2D eigenvalue weighted by Crippen LogP contribution is 2.31. The van der Waals surface area contributed by atoms with Crippen LogP contribution in [-0.4, -0.2) is 56.5 Å². The van der Waals surface area contributed by atoms with Crippen molar-refractivity contribution in [1.82, 2.24) is 24.4 Å². The van der Waals surface area contributed by atoms with E-state index in [9.17, 15) is 9.59 Å². The van der Waals surface area contributed by atoms with E-state index in [0.717, 1.165) is 49.7 Å². The lowest BCUT2D eigenvalue weighted by Crippen LogP contribution is -2.48. The van der Waals surface area contributed by atoms with Crippen LogP contribution in [-0.2, 0) is 11.3 Å². The molecule has 122 valence electrons. The van der Waals surface area contributed by atoms with Gasteiger partial charge in [0.25, 0.3) is 5.56 Å². The Balaban J connectivity index is 1.42. The second kappa shape index (κ2) is 5.68. The van der Waals surface area contributed by atoms with Gasteiger partial charge in [-0.15, -0.1) is 0 Å². The van der Waals surface area contributed by atoms with Gasteiger partial charge >= 0.3 is 0 Å². The second-order valence-corrected chi connectivity index (χ2v) is 7.34. The lowest BCUT2D eigenvalue weighted by Gasteiger charge is -2.34. The molecule has 3 heterocycles. The van der Waals surface area contributed by atoms with Crippen molar-refractivity contribution < 1.29 is 4.79 Å². The monoisotopic (exact) mass is 333 g/mol. The zero-order valence-electron chi connectivity index (χ0n) is 13.1. The molecule has 8 heteroatoms. The van der Waals surface area contributed by atoms with Gasteiger partial charge in [0.1, 0.15) is 5.01 Å². The number of hydrogen-bond acceptors (Lipinski definition) is 6. The highest BCUT2D eigenvalue weighted by Gasteiger charge is 2.34. The summed E-state index contributed by atoms with van der Waals surface area (Å²) in [6.45, 7) is 5.81. The SMILES string of the molecule is Cc1cc(=O)n2nc(CN3CCN(C(=O)C4CC4)CC3)sc2n1. The van der Waals surface area contributed by atoms with Crippen molar-refractivity contribution in [1.29, 1.82) is 0 Å². The number of rotatable bonds is 3. The maximum absolute atomic E-state index is 12.1. The summed E-state index contributed by atoms with van der Waals surface area (Å²) in [6, 6.07) is 1.50. The third-order valence-electron chi connectivity index (χ3n) is 4.38. The average Bonchev–Trinajstić information content (AvgIpc) is 3.29. The van der Waals surface area contributed by atoms with E-state index in [2.05, 4.69) is 15.0 Å². The number of carbonyl (C=O) groups excluding carboxylic acids is 1. The maximum atomic E-state index is 12.1. The van der Waals surface area contributed by atoms with Gasteiger partial charge in [0.15, 0.2) is 0 Å². The third-order valence-corrected chi connectivity index (χ3v) is 5.28. The lowest BCUT2D eigenvalue weighted by atomic mass is 10.2. The van der Waals surface area contributed by atoms with Gasteiger partial charge in [0, 0.05) is 43.9 Å². The average molecular weight is 333 g/mol. The van der Waals surface area contributed by atoms with Gasteiger partial charge in [0.2, 0.25) is 10.9 Å². The molecule has 1 aliphatic carbocycles. The first kappa shape index (κ1) is 14.8. The Kier molecular flexibility index (Phi) is 3.65. The summed E-state index contributed by atoms with van der Waals surface area (Å²) in [5.74, 6) is 0.628. The molecule has 2 aliphatic rings. The standard InChI is InChI=1S/C15H19N5O2S/c1-10-8-13(21)20-15(16-10)23-12(17-20)9-18-4-6-19(7-5-18)14(22)11-2-3-11/h8,11H,2-7,9H2,1H3. The highest BCUT2D eigenvalue weighted by atomic mass is 32.1. The minimum Gasteiger partial charge on any atom is -0.340 e. The normalized spacial score (nSPS) is 19.4. The zero-order chi connectivity index (χ0) is 16.0. The Labute approximate surface area is 137 Å². The van der Waals surface area contributed by atoms with E-state index in [1.54, 1.807) is 0 Å². The Morgan fingerprint density at radius 3 is 2.74 bits per heavy atom. The van der Waals surface area contributed by atoms with E-state index >= 15 is 0 Å². The molecule has 0 N–H and O–H groups in total. The number of hydrogen-bond donors (Lipinski definition) is 0. The molecule has 23 heavy (non-hydrogen) atoms. The smallest absolute Gasteiger partial charge is 0.275 e. The van der Waals surface area contributed by atoms with Crippen LogP contribution < -0.4 is 5.56 Å². The summed E-state index contributed by atoms with van der Waals surface area (Å²) in [4.78, 5) is 33.2. The first-order chi connectivity index (χ1) is 11.1. The minimum atomic E-state index is -0.130. The highest BCUT2D eigenvalue weighted by molar-refractivity contribution is 7.16. The number of nitrogens with zero attached hydrogens (tertiary/aromatic N) is 5. The molecule has 4 rings (SSSR count). The molecule has 1 saturated carbocycles. The number of aromatic nitrogens is 3. The summed E-state index contributed by atoms with van der Waals surface area (Å²) < 4.78 is 1.37. The van der Waals surface area contributed by atoms with E-state index in [4.69, 9.17) is 0 Å². The first-order valence-electron chi connectivity index (χ1n) is 7.98. The molecule has 2 fully saturated rings. The van der Waals surface area contributed by atoms with Crippen LogP contribution in [0.25, 0.3) is 4.96 Å². The van der Waals surface area contributed by atoms with Crippen molar-refractivity contribution in [3.8, 4) is 0 Å². The Hall–Kier alpha value is -1.80. The van der Waals surface area contributed by atoms with Gasteiger partial charge in [-0.3, -0.25) is 14.5 Å². The Morgan fingerprint density at radius 2 is 2.04 bits per heavy atom. The Bertz CT molecular complexity index is 802. The van der Waals surface area contributed by atoms with Crippen molar-refractivity contribution >= 4 is 22.2 Å². The van der Waals surface area contributed by atoms with Gasteiger partial charge in [-0.2, -0.15) is 9.61 Å². The molecule has 0 atom stereocenters. The van der Waals surface area contributed by atoms with E-state index in [1.165, 1.54) is 21.9 Å². The zero-order valence-corrected chi connectivity index (χ0v) is 13.9. The van der Waals surface area contributed by atoms with Crippen molar-refractivity contribution in [2.75, 3.05) is 26.2 Å². The number of carbonyl (C=O) groups is 1. The molecule has 0 bridgehead atoms. The van der Waals surface area contributed by atoms with E-state index in [1.807, 2.05) is 11.8 Å². The molecule has 2 aromatic rings. The molecule has 7 nitrogen and oxygen atoms in total. The summed E-state index contributed by atoms with van der Waals surface area (Å²) in [5, 5.41) is 5.27. The van der Waals surface area contributed by atoms with Crippen LogP contribution in [0.2, 0.25) is 0 Å². The van der Waals surface area contributed by atoms with Crippen LogP contribution in [0.15, 0.2) is 10.9 Å². The number of fused-ring (bicyclic) bond motifs is 1. The summed E-state index contributed by atoms with van der Waals surface area (Å²) in [6.07, 6.45) is 2.12. The lowest BCUT2D eigenvalue weighted by molar-refractivity contribution is -0.134. The second-order valence-electron chi connectivity index (χ2n) is 6.30. The largest absolute Gasteiger partial charge is 0.340 e. The van der Waals surface area contributed by atoms with Crippen molar-refractivity contribution in [3.63, 3.8) is 0 Å². The fraction of sp³-hybridized carbons (Fsp3) is 0.600. The van der Waals surface area contributed by atoms with Gasteiger partial charge < -0.3 is 4.90 Å². The molecular weight excluding hydrogens is 314 g/mol. The molecule has 0 aromatic carbocycles. The van der Waals surface area contributed by atoms with Crippen molar-refractivity contribution in [3.05, 3.63) is 27.1 Å². The first-order valence-corrected chi connectivity index (χ1v) is 8.79. The molecule has 2 aromatic heterocycles. The quantitative estimate of drug-likeness (QED) is 0.819. The molecule has 0 spiro atoms. The number of aryl methyl sites for hydroxylation is 1. The number of piperazine rings is 1. The maximum Gasteiger partial charge on any atom is 0.275 e. The fourth-order valence-corrected chi connectivity index (χ4v) is 3.92. The predicted molar refractivity (Wildman–Crippen MR) is 86.5 cm³/mol.